The van der Waals surface area contributed by atoms with Crippen molar-refractivity contribution >= 4 is 0 Å². The first-order valence-corrected chi connectivity index (χ1v) is 4.52. The molecule has 3 nitrogen and oxygen atoms in total. The van der Waals surface area contributed by atoms with E-state index in [1.165, 1.54) is 12.1 Å². The lowest BCUT2D eigenvalue weighted by molar-refractivity contribution is -0.138. The van der Waals surface area contributed by atoms with E-state index in [4.69, 9.17) is 15.6 Å². The third-order valence-corrected chi connectivity index (χ3v) is 2.15. The van der Waals surface area contributed by atoms with Gasteiger partial charge in [0.2, 0.25) is 0 Å². The highest BCUT2D eigenvalue weighted by atomic mass is 19.4. The molecule has 0 unspecified atom stereocenters. The fourth-order valence-corrected chi connectivity index (χ4v) is 1.40. The van der Waals surface area contributed by atoms with E-state index in [-0.39, 0.29) is 11.3 Å². The number of para-hydroxylation sites is 1. The molecule has 0 bridgehead atoms. The zero-order chi connectivity index (χ0) is 12.3. The summed E-state index contributed by atoms with van der Waals surface area (Å²) in [6, 6.07) is 2.65. The Morgan fingerprint density at radius 3 is 2.50 bits per heavy atom. The van der Waals surface area contributed by atoms with Gasteiger partial charge in [0.15, 0.2) is 0 Å². The zero-order valence-corrected chi connectivity index (χ0v) is 8.58. The van der Waals surface area contributed by atoms with Crippen LogP contribution in [0.4, 0.5) is 13.2 Å². The lowest BCUT2D eigenvalue weighted by Crippen LogP contribution is -2.18. The van der Waals surface area contributed by atoms with Gasteiger partial charge in [-0.15, -0.1) is 0 Å². The number of hydrogen-bond donors (Lipinski definition) is 2. The lowest BCUT2D eigenvalue weighted by Gasteiger charge is -2.18. The van der Waals surface area contributed by atoms with Crippen LogP contribution in [-0.4, -0.2) is 18.8 Å². The molecule has 0 amide bonds. The molecule has 1 atom stereocenters. The summed E-state index contributed by atoms with van der Waals surface area (Å²) in [5, 5.41) is 8.84. The first kappa shape index (κ1) is 12.8. The van der Waals surface area contributed by atoms with Crippen molar-refractivity contribution in [3.8, 4) is 5.75 Å². The molecule has 0 aliphatic rings. The standard InChI is InChI=1S/C10H12F3NO2/c1-16-9-6(8(14)5-15)3-2-4-7(9)10(11,12)13/h2-4,8,15H,5,14H2,1H3/t8-/m0/s1. The second-order valence-electron chi connectivity index (χ2n) is 3.21. The molecule has 0 spiro atoms. The zero-order valence-electron chi connectivity index (χ0n) is 8.58. The SMILES string of the molecule is COc1c([C@@H](N)CO)cccc1C(F)(F)F. The Morgan fingerprint density at radius 2 is 2.06 bits per heavy atom. The number of ether oxygens (including phenoxy) is 1. The molecule has 3 N–H and O–H groups in total. The summed E-state index contributed by atoms with van der Waals surface area (Å²) < 4.78 is 42.5. The van der Waals surface area contributed by atoms with Gasteiger partial charge in [-0.05, 0) is 6.07 Å². The van der Waals surface area contributed by atoms with E-state index < -0.39 is 24.4 Å². The van der Waals surface area contributed by atoms with Crippen molar-refractivity contribution in [3.05, 3.63) is 29.3 Å². The van der Waals surface area contributed by atoms with E-state index in [0.29, 0.717) is 0 Å². The van der Waals surface area contributed by atoms with Gasteiger partial charge >= 0.3 is 6.18 Å². The van der Waals surface area contributed by atoms with Crippen molar-refractivity contribution in [1.29, 1.82) is 0 Å². The minimum absolute atomic E-state index is 0.139. The molecule has 1 aromatic carbocycles. The monoisotopic (exact) mass is 235 g/mol. The molecule has 1 aromatic rings. The van der Waals surface area contributed by atoms with E-state index in [1.54, 1.807) is 0 Å². The van der Waals surface area contributed by atoms with Gasteiger partial charge < -0.3 is 15.6 Å². The largest absolute Gasteiger partial charge is 0.496 e. The highest BCUT2D eigenvalue weighted by Gasteiger charge is 2.35. The molecular weight excluding hydrogens is 223 g/mol. The van der Waals surface area contributed by atoms with Crippen LogP contribution in [0.15, 0.2) is 18.2 Å². The maximum absolute atomic E-state index is 12.6. The molecule has 0 radical (unpaired) electrons. The first-order valence-electron chi connectivity index (χ1n) is 4.52. The predicted octanol–water partition coefficient (Wildman–Crippen LogP) is 1.71. The Hall–Kier alpha value is -1.27. The van der Waals surface area contributed by atoms with Gasteiger partial charge in [0.25, 0.3) is 0 Å². The fourth-order valence-electron chi connectivity index (χ4n) is 1.40. The van der Waals surface area contributed by atoms with Gasteiger partial charge in [-0.1, -0.05) is 12.1 Å². The maximum atomic E-state index is 12.6. The average Bonchev–Trinajstić information content (AvgIpc) is 2.25. The summed E-state index contributed by atoms with van der Waals surface area (Å²) >= 11 is 0. The van der Waals surface area contributed by atoms with Crippen LogP contribution in [-0.2, 0) is 6.18 Å². The Balaban J connectivity index is 3.32. The lowest BCUT2D eigenvalue weighted by atomic mass is 10.0. The molecular formula is C10H12F3NO2. The summed E-state index contributed by atoms with van der Waals surface area (Å²) in [7, 11) is 1.14. The van der Waals surface area contributed by atoms with Crippen LogP contribution in [0.5, 0.6) is 5.75 Å². The van der Waals surface area contributed by atoms with Crippen LogP contribution in [0.3, 0.4) is 0 Å². The van der Waals surface area contributed by atoms with Gasteiger partial charge in [0.05, 0.1) is 25.3 Å². The number of hydrogen-bond acceptors (Lipinski definition) is 3. The summed E-state index contributed by atoms with van der Waals surface area (Å²) in [4.78, 5) is 0. The van der Waals surface area contributed by atoms with Crippen LogP contribution < -0.4 is 10.5 Å². The summed E-state index contributed by atoms with van der Waals surface area (Å²) in [6.07, 6.45) is -4.50. The number of benzene rings is 1. The summed E-state index contributed by atoms with van der Waals surface area (Å²) in [6.45, 7) is -0.447. The number of alkyl halides is 3. The number of methoxy groups -OCH3 is 1. The van der Waals surface area contributed by atoms with E-state index >= 15 is 0 Å². The van der Waals surface area contributed by atoms with Crippen molar-refractivity contribution in [2.45, 2.75) is 12.2 Å². The second-order valence-corrected chi connectivity index (χ2v) is 3.21. The van der Waals surface area contributed by atoms with Gasteiger partial charge in [0.1, 0.15) is 5.75 Å². The van der Waals surface area contributed by atoms with Crippen molar-refractivity contribution in [3.63, 3.8) is 0 Å². The highest BCUT2D eigenvalue weighted by Crippen LogP contribution is 2.39. The van der Waals surface area contributed by atoms with Crippen molar-refractivity contribution in [2.75, 3.05) is 13.7 Å². The predicted molar refractivity (Wildman–Crippen MR) is 52.0 cm³/mol. The van der Waals surface area contributed by atoms with Crippen molar-refractivity contribution < 1.29 is 23.0 Å². The maximum Gasteiger partial charge on any atom is 0.419 e. The molecule has 6 heteroatoms. The Bertz CT molecular complexity index is 366. The summed E-state index contributed by atoms with van der Waals surface area (Å²) in [5.41, 5.74) is 4.73. The number of aliphatic hydroxyl groups is 1. The summed E-state index contributed by atoms with van der Waals surface area (Å²) in [5.74, 6) is -0.337. The topological polar surface area (TPSA) is 55.5 Å². The van der Waals surface area contributed by atoms with Gasteiger partial charge in [-0.25, -0.2) is 0 Å². The molecule has 16 heavy (non-hydrogen) atoms. The van der Waals surface area contributed by atoms with E-state index in [9.17, 15) is 13.2 Å². The average molecular weight is 235 g/mol. The number of aliphatic hydroxyl groups excluding tert-OH is 1. The van der Waals surface area contributed by atoms with Gasteiger partial charge in [-0.2, -0.15) is 13.2 Å². The molecule has 0 aliphatic carbocycles. The Kier molecular flexibility index (Phi) is 3.77. The highest BCUT2D eigenvalue weighted by molar-refractivity contribution is 5.44. The Labute approximate surface area is 90.6 Å². The molecule has 0 saturated heterocycles. The quantitative estimate of drug-likeness (QED) is 0.838. The first-order chi connectivity index (χ1) is 7.41. The fraction of sp³-hybridized carbons (Fsp3) is 0.400. The van der Waals surface area contributed by atoms with Crippen molar-refractivity contribution in [1.82, 2.24) is 0 Å². The second kappa shape index (κ2) is 4.71. The van der Waals surface area contributed by atoms with Gasteiger partial charge in [-0.3, -0.25) is 0 Å². The van der Waals surface area contributed by atoms with Crippen LogP contribution in [0, 0.1) is 0 Å². The number of halogens is 3. The molecule has 1 rings (SSSR count). The van der Waals surface area contributed by atoms with Crippen molar-refractivity contribution in [2.24, 2.45) is 5.73 Å². The van der Waals surface area contributed by atoms with Crippen LogP contribution >= 0.6 is 0 Å². The van der Waals surface area contributed by atoms with Crippen LogP contribution in [0.2, 0.25) is 0 Å². The molecule has 90 valence electrons. The minimum Gasteiger partial charge on any atom is -0.496 e. The Morgan fingerprint density at radius 1 is 1.44 bits per heavy atom. The minimum atomic E-state index is -4.50. The number of rotatable bonds is 3. The van der Waals surface area contributed by atoms with Crippen LogP contribution in [0.1, 0.15) is 17.2 Å². The molecule has 0 saturated carbocycles. The van der Waals surface area contributed by atoms with Crippen LogP contribution in [0.25, 0.3) is 0 Å². The smallest absolute Gasteiger partial charge is 0.419 e. The molecule has 0 fully saturated rings. The third kappa shape index (κ3) is 2.45. The van der Waals surface area contributed by atoms with Gasteiger partial charge in [0, 0.05) is 5.56 Å². The van der Waals surface area contributed by atoms with E-state index in [1.807, 2.05) is 0 Å². The molecule has 0 heterocycles. The molecule has 0 aliphatic heterocycles. The third-order valence-electron chi connectivity index (χ3n) is 2.15. The number of nitrogens with two attached hydrogens (primary N) is 1. The van der Waals surface area contributed by atoms with E-state index in [2.05, 4.69) is 0 Å². The normalized spacial score (nSPS) is 13.6. The van der Waals surface area contributed by atoms with E-state index in [0.717, 1.165) is 13.2 Å². The molecule has 0 aromatic heterocycles.